The van der Waals surface area contributed by atoms with Crippen molar-refractivity contribution in [3.63, 3.8) is 0 Å². The molecule has 0 saturated heterocycles. The molecule has 80 valence electrons. The summed E-state index contributed by atoms with van der Waals surface area (Å²) in [6, 6.07) is 1.75. The van der Waals surface area contributed by atoms with Gasteiger partial charge in [-0.05, 0) is 18.9 Å². The molecule has 4 nitrogen and oxygen atoms in total. The highest BCUT2D eigenvalue weighted by molar-refractivity contribution is 6.00. The molecule has 0 aliphatic rings. The van der Waals surface area contributed by atoms with Crippen LogP contribution in [-0.2, 0) is 4.79 Å². The van der Waals surface area contributed by atoms with Gasteiger partial charge in [-0.3, -0.25) is 9.89 Å². The Kier molecular flexibility index (Phi) is 3.06. The number of rotatable bonds is 3. The van der Waals surface area contributed by atoms with Gasteiger partial charge in [-0.15, -0.1) is 0 Å². The van der Waals surface area contributed by atoms with Gasteiger partial charge in [0.05, 0.1) is 11.4 Å². The van der Waals surface area contributed by atoms with Crippen molar-refractivity contribution in [2.45, 2.75) is 20.8 Å². The fraction of sp³-hybridized carbons (Fsp3) is 0.400. The highest BCUT2D eigenvalue weighted by Crippen LogP contribution is 2.18. The average molecular weight is 197 g/mol. The summed E-state index contributed by atoms with van der Waals surface area (Å²) < 4.78 is 0. The van der Waals surface area contributed by atoms with Gasteiger partial charge >= 0.3 is 0 Å². The lowest BCUT2D eigenvalue weighted by atomic mass is 9.96. The summed E-state index contributed by atoms with van der Waals surface area (Å²) in [7, 11) is 0. The van der Waals surface area contributed by atoms with E-state index in [0.717, 1.165) is 0 Å². The molecule has 0 fully saturated rings. The molecule has 0 spiro atoms. The van der Waals surface area contributed by atoms with E-state index in [1.54, 1.807) is 12.3 Å². The van der Waals surface area contributed by atoms with Gasteiger partial charge in [0.25, 0.3) is 0 Å². The maximum atomic E-state index is 11.3. The molecule has 0 aliphatic heterocycles. The monoisotopic (exact) mass is 197 g/mol. The Bertz CT molecular complexity index is 358. The number of carbonyl (C=O) groups is 1. The van der Waals surface area contributed by atoms with Crippen LogP contribution in [-0.4, -0.2) is 16.0 Å². The van der Waals surface area contributed by atoms with Crippen LogP contribution in [0.5, 0.6) is 0 Å². The molecule has 4 heteroatoms. The van der Waals surface area contributed by atoms with Crippen LogP contribution < -0.4 is 5.73 Å². The minimum atomic E-state index is 0. The number of ketones is 1. The lowest BCUT2D eigenvalue weighted by Crippen LogP contribution is -2.12. The first-order chi connectivity index (χ1) is 6.54. The first-order valence-electron chi connectivity index (χ1n) is 4.54. The van der Waals surface area contributed by atoms with E-state index in [1.807, 2.05) is 13.8 Å². The fourth-order valence-corrected chi connectivity index (χ4v) is 1.46. The SMILES string of the molecule is CC(=O)/C(=C(\N)c1ccn[nH]1)C(C)C.[HH].[HH]. The zero-order chi connectivity index (χ0) is 10.7. The summed E-state index contributed by atoms with van der Waals surface area (Å²) in [5, 5.41) is 6.54. The van der Waals surface area contributed by atoms with Crippen LogP contribution in [0.2, 0.25) is 0 Å². The molecule has 1 heterocycles. The van der Waals surface area contributed by atoms with E-state index in [1.165, 1.54) is 6.92 Å². The van der Waals surface area contributed by atoms with Crippen molar-refractivity contribution in [3.05, 3.63) is 23.5 Å². The molecule has 0 bridgehead atoms. The molecule has 0 aliphatic carbocycles. The highest BCUT2D eigenvalue weighted by atomic mass is 16.1. The third-order valence-corrected chi connectivity index (χ3v) is 2.04. The molecule has 0 atom stereocenters. The number of aromatic amines is 1. The topological polar surface area (TPSA) is 71.8 Å². The third kappa shape index (κ3) is 2.02. The Balaban J connectivity index is 0. The van der Waals surface area contributed by atoms with Gasteiger partial charge in [0.1, 0.15) is 0 Å². The van der Waals surface area contributed by atoms with E-state index in [0.29, 0.717) is 17.0 Å². The molecule has 0 unspecified atom stereocenters. The molecule has 3 N–H and O–H groups in total. The van der Waals surface area contributed by atoms with Crippen LogP contribution in [0.1, 0.15) is 29.3 Å². The smallest absolute Gasteiger partial charge is 0.158 e. The van der Waals surface area contributed by atoms with Gasteiger partial charge in [0, 0.05) is 14.6 Å². The fourth-order valence-electron chi connectivity index (χ4n) is 1.46. The molecule has 0 radical (unpaired) electrons. The largest absolute Gasteiger partial charge is 0.397 e. The predicted octanol–water partition coefficient (Wildman–Crippen LogP) is 1.82. The third-order valence-electron chi connectivity index (χ3n) is 2.04. The molecule has 1 aromatic rings. The molecular weight excluding hydrogens is 178 g/mol. The van der Waals surface area contributed by atoms with Crippen LogP contribution in [0.25, 0.3) is 5.70 Å². The van der Waals surface area contributed by atoms with Crippen molar-refractivity contribution in [2.75, 3.05) is 0 Å². The van der Waals surface area contributed by atoms with Crippen molar-refractivity contribution in [1.29, 1.82) is 0 Å². The number of hydrogen-bond acceptors (Lipinski definition) is 3. The Morgan fingerprint density at radius 3 is 2.64 bits per heavy atom. The molecule has 1 rings (SSSR count). The lowest BCUT2D eigenvalue weighted by molar-refractivity contribution is -0.113. The zero-order valence-corrected chi connectivity index (χ0v) is 8.66. The second-order valence-corrected chi connectivity index (χ2v) is 3.51. The summed E-state index contributed by atoms with van der Waals surface area (Å²) in [4.78, 5) is 11.3. The standard InChI is InChI=1S/C10H15N3O.2H2/c1-6(2)9(7(3)14)10(11)8-4-5-12-13-8;;/h4-6H,11H2,1-3H3,(H,12,13);2*1H/b10-9-;;. The Morgan fingerprint density at radius 2 is 2.29 bits per heavy atom. The summed E-state index contributed by atoms with van der Waals surface area (Å²) in [6.07, 6.45) is 1.61. The summed E-state index contributed by atoms with van der Waals surface area (Å²) >= 11 is 0. The second-order valence-electron chi connectivity index (χ2n) is 3.51. The van der Waals surface area contributed by atoms with Crippen LogP contribution >= 0.6 is 0 Å². The molecule has 0 aromatic carbocycles. The number of carbonyl (C=O) groups excluding carboxylic acids is 1. The molecule has 1 aromatic heterocycles. The van der Waals surface area contributed by atoms with E-state index < -0.39 is 0 Å². The Morgan fingerprint density at radius 1 is 1.64 bits per heavy atom. The normalized spacial score (nSPS) is 12.9. The van der Waals surface area contributed by atoms with Crippen molar-refractivity contribution >= 4 is 11.5 Å². The first-order valence-corrected chi connectivity index (χ1v) is 4.54. The zero-order valence-electron chi connectivity index (χ0n) is 8.66. The number of nitrogens with zero attached hydrogens (tertiary/aromatic N) is 1. The minimum Gasteiger partial charge on any atom is -0.397 e. The number of nitrogens with two attached hydrogens (primary N) is 1. The van der Waals surface area contributed by atoms with Crippen LogP contribution in [0.3, 0.4) is 0 Å². The number of H-pyrrole nitrogens is 1. The maximum absolute atomic E-state index is 11.3. The highest BCUT2D eigenvalue weighted by Gasteiger charge is 2.14. The van der Waals surface area contributed by atoms with Crippen molar-refractivity contribution in [1.82, 2.24) is 10.2 Å². The van der Waals surface area contributed by atoms with E-state index in [9.17, 15) is 4.79 Å². The van der Waals surface area contributed by atoms with Gasteiger partial charge in [-0.1, -0.05) is 13.8 Å². The molecule has 0 saturated carbocycles. The first kappa shape index (κ1) is 10.5. The number of nitrogens with one attached hydrogen (secondary N) is 1. The summed E-state index contributed by atoms with van der Waals surface area (Å²) in [6.45, 7) is 5.42. The van der Waals surface area contributed by atoms with Gasteiger partial charge in [-0.25, -0.2) is 0 Å². The average Bonchev–Trinajstić information content (AvgIpc) is 2.53. The Hall–Kier alpha value is -1.58. The van der Waals surface area contributed by atoms with Gasteiger partial charge < -0.3 is 5.73 Å². The molecular formula is C10H19N3O. The van der Waals surface area contributed by atoms with Gasteiger partial charge in [-0.2, -0.15) is 5.10 Å². The number of allylic oxidation sites excluding steroid dienone is 1. The van der Waals surface area contributed by atoms with E-state index in [4.69, 9.17) is 5.73 Å². The lowest BCUT2D eigenvalue weighted by Gasteiger charge is -2.11. The number of hydrogen-bond donors (Lipinski definition) is 2. The van der Waals surface area contributed by atoms with E-state index >= 15 is 0 Å². The summed E-state index contributed by atoms with van der Waals surface area (Å²) in [5.41, 5.74) is 7.71. The van der Waals surface area contributed by atoms with Gasteiger partial charge in [0.2, 0.25) is 0 Å². The Labute approximate surface area is 86.2 Å². The second kappa shape index (κ2) is 4.09. The maximum Gasteiger partial charge on any atom is 0.158 e. The van der Waals surface area contributed by atoms with Crippen LogP contribution in [0.4, 0.5) is 0 Å². The van der Waals surface area contributed by atoms with Crippen molar-refractivity contribution in [3.8, 4) is 0 Å². The van der Waals surface area contributed by atoms with Crippen LogP contribution in [0, 0.1) is 5.92 Å². The van der Waals surface area contributed by atoms with Crippen molar-refractivity contribution in [2.24, 2.45) is 11.7 Å². The number of aromatic nitrogens is 2. The van der Waals surface area contributed by atoms with Gasteiger partial charge in [0.15, 0.2) is 5.78 Å². The quantitative estimate of drug-likeness (QED) is 0.726. The van der Waals surface area contributed by atoms with E-state index in [2.05, 4.69) is 10.2 Å². The number of Topliss-reactive ketones (excluding diaryl/α,β-unsaturated/α-hetero) is 1. The van der Waals surface area contributed by atoms with E-state index in [-0.39, 0.29) is 14.6 Å². The molecule has 0 amide bonds. The summed E-state index contributed by atoms with van der Waals surface area (Å²) in [5.74, 6) is 0.128. The molecule has 14 heavy (non-hydrogen) atoms. The predicted molar refractivity (Wildman–Crippen MR) is 59.4 cm³/mol. The van der Waals surface area contributed by atoms with Crippen molar-refractivity contribution < 1.29 is 7.65 Å². The minimum absolute atomic E-state index is 0. The van der Waals surface area contributed by atoms with Crippen LogP contribution in [0.15, 0.2) is 17.8 Å².